The average Bonchev–Trinajstić information content (AvgIpc) is 2.79. The van der Waals surface area contributed by atoms with Crippen molar-refractivity contribution in [3.63, 3.8) is 0 Å². The summed E-state index contributed by atoms with van der Waals surface area (Å²) in [6.45, 7) is 6.75. The van der Waals surface area contributed by atoms with Crippen molar-refractivity contribution in [1.29, 1.82) is 0 Å². The second-order valence-electron chi connectivity index (χ2n) is 4.72. The molecule has 1 saturated heterocycles. The zero-order chi connectivity index (χ0) is 12.1. The molecule has 3 heteroatoms. The summed E-state index contributed by atoms with van der Waals surface area (Å²) in [5.74, 6) is 0.838. The van der Waals surface area contributed by atoms with Crippen LogP contribution in [0.15, 0.2) is 24.3 Å². The van der Waals surface area contributed by atoms with Crippen LogP contribution in [0.3, 0.4) is 0 Å². The quantitative estimate of drug-likeness (QED) is 0.810. The zero-order valence-corrected chi connectivity index (χ0v) is 11.2. The van der Waals surface area contributed by atoms with Crippen molar-refractivity contribution in [3.05, 3.63) is 29.3 Å². The minimum atomic E-state index is 0.816. The SMILES string of the molecule is CCNCCC1CCN(c2ccc(Cl)cc2)C1. The van der Waals surface area contributed by atoms with E-state index in [9.17, 15) is 0 Å². The van der Waals surface area contributed by atoms with Gasteiger partial charge >= 0.3 is 0 Å². The summed E-state index contributed by atoms with van der Waals surface area (Å²) in [6, 6.07) is 8.19. The Balaban J connectivity index is 1.83. The van der Waals surface area contributed by atoms with Crippen molar-refractivity contribution in [2.24, 2.45) is 5.92 Å². The predicted octanol–water partition coefficient (Wildman–Crippen LogP) is 3.17. The molecule has 0 radical (unpaired) electrons. The molecule has 1 aromatic rings. The van der Waals surface area contributed by atoms with E-state index in [1.165, 1.54) is 31.6 Å². The number of nitrogens with zero attached hydrogens (tertiary/aromatic N) is 1. The molecule has 0 amide bonds. The van der Waals surface area contributed by atoms with E-state index in [0.29, 0.717) is 0 Å². The van der Waals surface area contributed by atoms with Crippen LogP contribution in [-0.4, -0.2) is 26.2 Å². The molecule has 0 aliphatic carbocycles. The molecule has 1 unspecified atom stereocenters. The van der Waals surface area contributed by atoms with E-state index in [2.05, 4.69) is 29.3 Å². The third kappa shape index (κ3) is 3.62. The molecule has 0 aromatic heterocycles. The second-order valence-corrected chi connectivity index (χ2v) is 5.16. The van der Waals surface area contributed by atoms with Gasteiger partial charge in [-0.15, -0.1) is 0 Å². The van der Waals surface area contributed by atoms with E-state index >= 15 is 0 Å². The van der Waals surface area contributed by atoms with E-state index in [1.54, 1.807) is 0 Å². The number of nitrogens with one attached hydrogen (secondary N) is 1. The zero-order valence-electron chi connectivity index (χ0n) is 10.5. The molecule has 0 bridgehead atoms. The Morgan fingerprint density at radius 2 is 2.12 bits per heavy atom. The van der Waals surface area contributed by atoms with E-state index in [4.69, 9.17) is 11.6 Å². The van der Waals surface area contributed by atoms with Crippen LogP contribution in [0, 0.1) is 5.92 Å². The summed E-state index contributed by atoms with van der Waals surface area (Å²) < 4.78 is 0. The van der Waals surface area contributed by atoms with Crippen molar-refractivity contribution in [2.75, 3.05) is 31.1 Å². The molecule has 17 heavy (non-hydrogen) atoms. The molecule has 0 spiro atoms. The van der Waals surface area contributed by atoms with Crippen LogP contribution in [-0.2, 0) is 0 Å². The first-order valence-corrected chi connectivity index (χ1v) is 6.88. The lowest BCUT2D eigenvalue weighted by Crippen LogP contribution is -2.22. The first kappa shape index (κ1) is 12.7. The molecule has 1 fully saturated rings. The number of rotatable bonds is 5. The monoisotopic (exact) mass is 252 g/mol. The molecule has 2 nitrogen and oxygen atoms in total. The van der Waals surface area contributed by atoms with Crippen LogP contribution < -0.4 is 10.2 Å². The van der Waals surface area contributed by atoms with Gasteiger partial charge in [-0.1, -0.05) is 18.5 Å². The van der Waals surface area contributed by atoms with Gasteiger partial charge in [0.1, 0.15) is 0 Å². The summed E-state index contributed by atoms with van der Waals surface area (Å²) in [5.41, 5.74) is 1.31. The third-order valence-electron chi connectivity index (χ3n) is 3.46. The van der Waals surface area contributed by atoms with Gasteiger partial charge in [-0.3, -0.25) is 0 Å². The van der Waals surface area contributed by atoms with Gasteiger partial charge < -0.3 is 10.2 Å². The molecule has 1 atom stereocenters. The summed E-state index contributed by atoms with van der Waals surface area (Å²) in [4.78, 5) is 2.47. The van der Waals surface area contributed by atoms with E-state index < -0.39 is 0 Å². The number of halogens is 1. The summed E-state index contributed by atoms with van der Waals surface area (Å²) in [7, 11) is 0. The van der Waals surface area contributed by atoms with Gasteiger partial charge in [-0.05, 0) is 56.1 Å². The predicted molar refractivity (Wildman–Crippen MR) is 74.9 cm³/mol. The van der Waals surface area contributed by atoms with Gasteiger partial charge in [-0.25, -0.2) is 0 Å². The molecule has 2 rings (SSSR count). The maximum Gasteiger partial charge on any atom is 0.0407 e. The Bertz CT molecular complexity index is 337. The largest absolute Gasteiger partial charge is 0.371 e. The van der Waals surface area contributed by atoms with Crippen LogP contribution in [0.2, 0.25) is 5.02 Å². The van der Waals surface area contributed by atoms with Crippen LogP contribution in [0.4, 0.5) is 5.69 Å². The first-order chi connectivity index (χ1) is 8.29. The van der Waals surface area contributed by atoms with Crippen molar-refractivity contribution in [2.45, 2.75) is 19.8 Å². The highest BCUT2D eigenvalue weighted by Gasteiger charge is 2.21. The number of hydrogen-bond donors (Lipinski definition) is 1. The molecule has 1 aliphatic heterocycles. The lowest BCUT2D eigenvalue weighted by atomic mass is 10.1. The van der Waals surface area contributed by atoms with Crippen LogP contribution in [0.25, 0.3) is 0 Å². The second kappa shape index (κ2) is 6.27. The molecular weight excluding hydrogens is 232 g/mol. The lowest BCUT2D eigenvalue weighted by molar-refractivity contribution is 0.510. The first-order valence-electron chi connectivity index (χ1n) is 6.51. The van der Waals surface area contributed by atoms with E-state index in [-0.39, 0.29) is 0 Å². The van der Waals surface area contributed by atoms with E-state index in [1.807, 2.05) is 12.1 Å². The molecule has 0 saturated carbocycles. The normalized spacial score (nSPS) is 19.9. The molecule has 1 aromatic carbocycles. The Morgan fingerprint density at radius 1 is 1.35 bits per heavy atom. The molecule has 94 valence electrons. The van der Waals surface area contributed by atoms with Crippen molar-refractivity contribution >= 4 is 17.3 Å². The van der Waals surface area contributed by atoms with Crippen LogP contribution >= 0.6 is 11.6 Å². The average molecular weight is 253 g/mol. The Kier molecular flexibility index (Phi) is 4.69. The minimum absolute atomic E-state index is 0.816. The fourth-order valence-corrected chi connectivity index (χ4v) is 2.56. The maximum atomic E-state index is 5.90. The van der Waals surface area contributed by atoms with Gasteiger partial charge in [0.2, 0.25) is 0 Å². The van der Waals surface area contributed by atoms with Gasteiger partial charge in [0, 0.05) is 23.8 Å². The van der Waals surface area contributed by atoms with Crippen molar-refractivity contribution in [3.8, 4) is 0 Å². The summed E-state index contributed by atoms with van der Waals surface area (Å²) in [5, 5.41) is 4.22. The molecule has 1 aliphatic rings. The van der Waals surface area contributed by atoms with Gasteiger partial charge in [0.25, 0.3) is 0 Å². The minimum Gasteiger partial charge on any atom is -0.371 e. The summed E-state index contributed by atoms with van der Waals surface area (Å²) in [6.07, 6.45) is 2.60. The van der Waals surface area contributed by atoms with Crippen molar-refractivity contribution in [1.82, 2.24) is 5.32 Å². The Hall–Kier alpha value is -0.730. The van der Waals surface area contributed by atoms with Gasteiger partial charge in [-0.2, -0.15) is 0 Å². The standard InChI is InChI=1S/C14H21ClN2/c1-2-16-9-7-12-8-10-17(11-12)14-5-3-13(15)4-6-14/h3-6,12,16H,2,7-11H2,1H3. The number of benzene rings is 1. The molecular formula is C14H21ClN2. The lowest BCUT2D eigenvalue weighted by Gasteiger charge is -2.18. The highest BCUT2D eigenvalue weighted by molar-refractivity contribution is 6.30. The fourth-order valence-electron chi connectivity index (χ4n) is 2.44. The molecule has 1 heterocycles. The van der Waals surface area contributed by atoms with E-state index in [0.717, 1.165) is 24.0 Å². The van der Waals surface area contributed by atoms with Crippen molar-refractivity contribution < 1.29 is 0 Å². The highest BCUT2D eigenvalue weighted by Crippen LogP contribution is 2.26. The van der Waals surface area contributed by atoms with Gasteiger partial charge in [0.15, 0.2) is 0 Å². The fraction of sp³-hybridized carbons (Fsp3) is 0.571. The topological polar surface area (TPSA) is 15.3 Å². The Morgan fingerprint density at radius 3 is 2.82 bits per heavy atom. The number of anilines is 1. The number of hydrogen-bond acceptors (Lipinski definition) is 2. The highest BCUT2D eigenvalue weighted by atomic mass is 35.5. The third-order valence-corrected chi connectivity index (χ3v) is 3.71. The molecule has 1 N–H and O–H groups in total. The Labute approximate surface area is 109 Å². The maximum absolute atomic E-state index is 5.90. The summed E-state index contributed by atoms with van der Waals surface area (Å²) >= 11 is 5.90. The van der Waals surface area contributed by atoms with Gasteiger partial charge in [0.05, 0.1) is 0 Å². The van der Waals surface area contributed by atoms with Crippen LogP contribution in [0.1, 0.15) is 19.8 Å². The van der Waals surface area contributed by atoms with Crippen LogP contribution in [0.5, 0.6) is 0 Å². The smallest absolute Gasteiger partial charge is 0.0407 e.